The molecule has 11 heavy (non-hydrogen) atoms. The van der Waals surface area contributed by atoms with Crippen molar-refractivity contribution in [2.75, 3.05) is 6.54 Å². The van der Waals surface area contributed by atoms with E-state index in [2.05, 4.69) is 18.4 Å². The normalized spacial score (nSPS) is 25.4. The molecular formula is C9H15NO. The van der Waals surface area contributed by atoms with E-state index in [1.165, 1.54) is 0 Å². The number of carbonyl (C=O) groups excluding carboxylic acids is 1. The van der Waals surface area contributed by atoms with Crippen molar-refractivity contribution < 1.29 is 4.79 Å². The van der Waals surface area contributed by atoms with Crippen LogP contribution in [0.15, 0.2) is 12.3 Å². The first-order valence-corrected chi connectivity index (χ1v) is 4.19. The number of allylic oxidation sites excluding steroid dienone is 1. The molecule has 1 aliphatic rings. The maximum absolute atomic E-state index is 10.6. The molecule has 2 heteroatoms. The van der Waals surface area contributed by atoms with Crippen LogP contribution in [-0.2, 0) is 4.79 Å². The second-order valence-electron chi connectivity index (χ2n) is 2.95. The van der Waals surface area contributed by atoms with Gasteiger partial charge in [0.2, 0.25) is 0 Å². The lowest BCUT2D eigenvalue weighted by Crippen LogP contribution is -2.38. The van der Waals surface area contributed by atoms with Crippen molar-refractivity contribution in [3.05, 3.63) is 12.3 Å². The van der Waals surface area contributed by atoms with Gasteiger partial charge in [0.1, 0.15) is 6.29 Å². The molecule has 0 saturated carbocycles. The minimum Gasteiger partial charge on any atom is -0.366 e. The summed E-state index contributed by atoms with van der Waals surface area (Å²) in [6.07, 6.45) is 4.20. The lowest BCUT2D eigenvalue weighted by Gasteiger charge is -2.34. The third kappa shape index (κ3) is 1.62. The summed E-state index contributed by atoms with van der Waals surface area (Å²) in [4.78, 5) is 12.7. The molecule has 0 amide bonds. The number of likely N-dealkylation sites (tertiary alicyclic amines) is 1. The Kier molecular flexibility index (Phi) is 2.69. The van der Waals surface area contributed by atoms with Gasteiger partial charge in [0.15, 0.2) is 0 Å². The molecule has 62 valence electrons. The first-order chi connectivity index (χ1) is 5.29. The largest absolute Gasteiger partial charge is 0.366 e. The number of likely N-dealkylation sites (N-methyl/N-ethyl adjacent to an activating group) is 1. The molecule has 0 radical (unpaired) electrons. The summed E-state index contributed by atoms with van der Waals surface area (Å²) in [5, 5.41) is 0. The molecule has 2 nitrogen and oxygen atoms in total. The SMILES string of the molecule is C=C1CCCC(C=O)N1CC. The maximum atomic E-state index is 10.6. The Hall–Kier alpha value is -0.790. The Balaban J connectivity index is 2.63. The Labute approximate surface area is 67.9 Å². The molecule has 0 aromatic rings. The van der Waals surface area contributed by atoms with Crippen molar-refractivity contribution >= 4 is 6.29 Å². The van der Waals surface area contributed by atoms with E-state index in [-0.39, 0.29) is 6.04 Å². The van der Waals surface area contributed by atoms with Crippen molar-refractivity contribution in [2.45, 2.75) is 32.2 Å². The highest BCUT2D eigenvalue weighted by Gasteiger charge is 2.21. The number of piperidine rings is 1. The summed E-state index contributed by atoms with van der Waals surface area (Å²) in [6.45, 7) is 6.90. The van der Waals surface area contributed by atoms with Gasteiger partial charge in [0.25, 0.3) is 0 Å². The summed E-state index contributed by atoms with van der Waals surface area (Å²) in [6, 6.07) is 0.0984. The smallest absolute Gasteiger partial charge is 0.142 e. The molecule has 0 spiro atoms. The average molecular weight is 153 g/mol. The number of hydrogen-bond donors (Lipinski definition) is 0. The molecule has 1 heterocycles. The summed E-state index contributed by atoms with van der Waals surface area (Å²) < 4.78 is 0. The van der Waals surface area contributed by atoms with Gasteiger partial charge in [-0.05, 0) is 26.2 Å². The molecule has 0 bridgehead atoms. The second-order valence-corrected chi connectivity index (χ2v) is 2.95. The quantitative estimate of drug-likeness (QED) is 0.561. The van der Waals surface area contributed by atoms with E-state index in [1.54, 1.807) is 0 Å². The van der Waals surface area contributed by atoms with Crippen LogP contribution in [0.2, 0.25) is 0 Å². The van der Waals surface area contributed by atoms with E-state index in [0.29, 0.717) is 0 Å². The predicted octanol–water partition coefficient (Wildman–Crippen LogP) is 1.57. The van der Waals surface area contributed by atoms with Crippen molar-refractivity contribution in [3.63, 3.8) is 0 Å². The van der Waals surface area contributed by atoms with Crippen LogP contribution in [0, 0.1) is 0 Å². The Morgan fingerprint density at radius 2 is 2.55 bits per heavy atom. The van der Waals surface area contributed by atoms with Gasteiger partial charge in [-0.25, -0.2) is 0 Å². The van der Waals surface area contributed by atoms with Crippen LogP contribution >= 0.6 is 0 Å². The fourth-order valence-electron chi connectivity index (χ4n) is 1.65. The van der Waals surface area contributed by atoms with Gasteiger partial charge >= 0.3 is 0 Å². The fraction of sp³-hybridized carbons (Fsp3) is 0.667. The molecule has 0 aromatic heterocycles. The predicted molar refractivity (Wildman–Crippen MR) is 45.2 cm³/mol. The van der Waals surface area contributed by atoms with E-state index in [4.69, 9.17) is 0 Å². The fourth-order valence-corrected chi connectivity index (χ4v) is 1.65. The minimum atomic E-state index is 0.0984. The highest BCUT2D eigenvalue weighted by atomic mass is 16.1. The number of aldehydes is 1. The van der Waals surface area contributed by atoms with E-state index in [9.17, 15) is 4.79 Å². The topological polar surface area (TPSA) is 20.3 Å². The molecule has 0 aromatic carbocycles. The third-order valence-electron chi connectivity index (χ3n) is 2.27. The number of rotatable bonds is 2. The van der Waals surface area contributed by atoms with Gasteiger partial charge < -0.3 is 9.69 Å². The molecule has 0 N–H and O–H groups in total. The second kappa shape index (κ2) is 3.56. The first-order valence-electron chi connectivity index (χ1n) is 4.19. The van der Waals surface area contributed by atoms with Crippen molar-refractivity contribution in [2.24, 2.45) is 0 Å². The highest BCUT2D eigenvalue weighted by Crippen LogP contribution is 2.22. The molecule has 1 atom stereocenters. The first kappa shape index (κ1) is 8.31. The zero-order chi connectivity index (χ0) is 8.27. The lowest BCUT2D eigenvalue weighted by atomic mass is 10.0. The Morgan fingerprint density at radius 3 is 3.00 bits per heavy atom. The Morgan fingerprint density at radius 1 is 1.82 bits per heavy atom. The van der Waals surface area contributed by atoms with Crippen LogP contribution in [0.25, 0.3) is 0 Å². The van der Waals surface area contributed by atoms with Crippen LogP contribution in [0.1, 0.15) is 26.2 Å². The maximum Gasteiger partial charge on any atom is 0.142 e. The van der Waals surface area contributed by atoms with Crippen LogP contribution in [-0.4, -0.2) is 23.8 Å². The lowest BCUT2D eigenvalue weighted by molar-refractivity contribution is -0.112. The summed E-state index contributed by atoms with van der Waals surface area (Å²) >= 11 is 0. The molecule has 1 unspecified atom stereocenters. The summed E-state index contributed by atoms with van der Waals surface area (Å²) in [5.41, 5.74) is 1.12. The van der Waals surface area contributed by atoms with Gasteiger partial charge in [0, 0.05) is 12.2 Å². The van der Waals surface area contributed by atoms with Crippen molar-refractivity contribution in [3.8, 4) is 0 Å². The van der Waals surface area contributed by atoms with Gasteiger partial charge in [0.05, 0.1) is 6.04 Å². The summed E-state index contributed by atoms with van der Waals surface area (Å²) in [5.74, 6) is 0. The third-order valence-corrected chi connectivity index (χ3v) is 2.27. The minimum absolute atomic E-state index is 0.0984. The van der Waals surface area contributed by atoms with E-state index >= 15 is 0 Å². The highest BCUT2D eigenvalue weighted by molar-refractivity contribution is 5.58. The van der Waals surface area contributed by atoms with Gasteiger partial charge in [-0.3, -0.25) is 0 Å². The monoisotopic (exact) mass is 153 g/mol. The van der Waals surface area contributed by atoms with E-state index in [0.717, 1.165) is 37.8 Å². The molecular weight excluding hydrogens is 138 g/mol. The van der Waals surface area contributed by atoms with E-state index in [1.807, 2.05) is 0 Å². The zero-order valence-electron chi connectivity index (χ0n) is 7.05. The number of nitrogens with zero attached hydrogens (tertiary/aromatic N) is 1. The van der Waals surface area contributed by atoms with Crippen LogP contribution in [0.3, 0.4) is 0 Å². The number of carbonyl (C=O) groups is 1. The van der Waals surface area contributed by atoms with Gasteiger partial charge in [-0.1, -0.05) is 6.58 Å². The molecule has 1 aliphatic heterocycles. The van der Waals surface area contributed by atoms with E-state index < -0.39 is 0 Å². The Bertz CT molecular complexity index is 165. The van der Waals surface area contributed by atoms with Crippen molar-refractivity contribution in [1.29, 1.82) is 0 Å². The zero-order valence-corrected chi connectivity index (χ0v) is 7.05. The van der Waals surface area contributed by atoms with Gasteiger partial charge in [-0.2, -0.15) is 0 Å². The van der Waals surface area contributed by atoms with Crippen LogP contribution in [0.5, 0.6) is 0 Å². The van der Waals surface area contributed by atoms with Crippen molar-refractivity contribution in [1.82, 2.24) is 4.90 Å². The average Bonchev–Trinajstić information content (AvgIpc) is 2.04. The molecule has 0 aliphatic carbocycles. The van der Waals surface area contributed by atoms with Crippen LogP contribution < -0.4 is 0 Å². The van der Waals surface area contributed by atoms with Crippen LogP contribution in [0.4, 0.5) is 0 Å². The molecule has 1 rings (SSSR count). The molecule has 1 saturated heterocycles. The summed E-state index contributed by atoms with van der Waals surface area (Å²) in [7, 11) is 0. The standard InChI is InChI=1S/C9H15NO/c1-3-10-8(2)5-4-6-9(10)7-11/h7,9H,2-6H2,1H3. The molecule has 1 fully saturated rings. The van der Waals surface area contributed by atoms with Gasteiger partial charge in [-0.15, -0.1) is 0 Å². The number of hydrogen-bond acceptors (Lipinski definition) is 2.